The molecule has 0 spiro atoms. The van der Waals surface area contributed by atoms with Crippen LogP contribution in [0.1, 0.15) is 33.6 Å². The van der Waals surface area contributed by atoms with Crippen LogP contribution in [-0.2, 0) is 9.84 Å². The molecule has 0 radical (unpaired) electrons. The summed E-state index contributed by atoms with van der Waals surface area (Å²) in [5, 5.41) is 0. The van der Waals surface area contributed by atoms with E-state index in [1.165, 1.54) is 24.7 Å². The van der Waals surface area contributed by atoms with Crippen molar-refractivity contribution in [1.29, 1.82) is 0 Å². The van der Waals surface area contributed by atoms with E-state index in [-0.39, 0.29) is 11.8 Å². The molecule has 0 fully saturated rings. The first kappa shape index (κ1) is 15.7. The van der Waals surface area contributed by atoms with E-state index < -0.39 is 9.84 Å². The number of rotatable bonds is 5. The van der Waals surface area contributed by atoms with Crippen molar-refractivity contribution in [3.8, 4) is 0 Å². The van der Waals surface area contributed by atoms with Crippen molar-refractivity contribution in [1.82, 2.24) is 4.90 Å². The number of allylic oxidation sites excluding steroid dienone is 1. The fraction of sp³-hybridized carbons (Fsp3) is 0.857. The van der Waals surface area contributed by atoms with E-state index in [9.17, 15) is 8.42 Å². The van der Waals surface area contributed by atoms with Crippen molar-refractivity contribution in [2.45, 2.75) is 39.7 Å². The van der Waals surface area contributed by atoms with Crippen molar-refractivity contribution >= 4 is 9.84 Å². The lowest BCUT2D eigenvalue weighted by atomic mass is 9.80. The number of nitrogens with zero attached hydrogens (tertiary/aromatic N) is 1. The summed E-state index contributed by atoms with van der Waals surface area (Å²) in [6.07, 6.45) is 6.08. The Morgan fingerprint density at radius 3 is 2.61 bits per heavy atom. The first-order chi connectivity index (χ1) is 8.20. The van der Waals surface area contributed by atoms with E-state index in [2.05, 4.69) is 24.8 Å². The van der Waals surface area contributed by atoms with Gasteiger partial charge < -0.3 is 4.90 Å². The van der Waals surface area contributed by atoms with E-state index in [0.29, 0.717) is 11.8 Å². The average Bonchev–Trinajstić information content (AvgIpc) is 2.21. The van der Waals surface area contributed by atoms with Crippen LogP contribution in [0.5, 0.6) is 0 Å². The van der Waals surface area contributed by atoms with E-state index in [0.717, 1.165) is 6.54 Å². The molecule has 0 aromatic carbocycles. The molecular formula is C14H27NO2S. The lowest BCUT2D eigenvalue weighted by Crippen LogP contribution is -2.40. The monoisotopic (exact) mass is 273 g/mol. The van der Waals surface area contributed by atoms with Crippen molar-refractivity contribution in [2.24, 2.45) is 11.8 Å². The molecule has 0 aliphatic heterocycles. The van der Waals surface area contributed by atoms with E-state index in [1.807, 2.05) is 14.0 Å². The van der Waals surface area contributed by atoms with Gasteiger partial charge in [-0.25, -0.2) is 8.42 Å². The molecule has 0 saturated carbocycles. The van der Waals surface area contributed by atoms with Gasteiger partial charge in [0.25, 0.3) is 0 Å². The lowest BCUT2D eigenvalue weighted by molar-refractivity contribution is 0.206. The van der Waals surface area contributed by atoms with Crippen LogP contribution in [0.15, 0.2) is 11.6 Å². The van der Waals surface area contributed by atoms with Gasteiger partial charge in [-0.15, -0.1) is 0 Å². The highest BCUT2D eigenvalue weighted by Gasteiger charge is 2.25. The van der Waals surface area contributed by atoms with E-state index in [1.54, 1.807) is 0 Å². The van der Waals surface area contributed by atoms with Crippen LogP contribution < -0.4 is 0 Å². The molecule has 0 bridgehead atoms. The molecule has 3 atom stereocenters. The molecule has 1 aliphatic rings. The van der Waals surface area contributed by atoms with Gasteiger partial charge in [0.05, 0.1) is 5.75 Å². The third-order valence-electron chi connectivity index (χ3n) is 4.14. The summed E-state index contributed by atoms with van der Waals surface area (Å²) in [6, 6.07) is 0.0851. The van der Waals surface area contributed by atoms with Gasteiger partial charge in [-0.05, 0) is 45.6 Å². The minimum Gasteiger partial charge on any atom is -0.302 e. The number of hydrogen-bond acceptors (Lipinski definition) is 3. The summed E-state index contributed by atoms with van der Waals surface area (Å²) < 4.78 is 22.7. The van der Waals surface area contributed by atoms with Gasteiger partial charge >= 0.3 is 0 Å². The minimum absolute atomic E-state index is 0.0851. The Bertz CT molecular complexity index is 400. The highest BCUT2D eigenvalue weighted by molar-refractivity contribution is 7.90. The molecule has 0 aromatic rings. The van der Waals surface area contributed by atoms with Gasteiger partial charge in [0.1, 0.15) is 9.84 Å². The van der Waals surface area contributed by atoms with Crippen LogP contribution in [0.25, 0.3) is 0 Å². The van der Waals surface area contributed by atoms with Crippen LogP contribution in [-0.4, -0.2) is 45.0 Å². The van der Waals surface area contributed by atoms with Crippen LogP contribution in [0.2, 0.25) is 0 Å². The topological polar surface area (TPSA) is 37.4 Å². The molecule has 0 N–H and O–H groups in total. The second kappa shape index (κ2) is 6.20. The molecule has 0 unspecified atom stereocenters. The molecule has 1 rings (SSSR count). The first-order valence-electron chi connectivity index (χ1n) is 6.75. The third kappa shape index (κ3) is 4.73. The van der Waals surface area contributed by atoms with Gasteiger partial charge in [-0.1, -0.05) is 18.6 Å². The van der Waals surface area contributed by atoms with E-state index in [4.69, 9.17) is 0 Å². The van der Waals surface area contributed by atoms with Crippen LogP contribution in [0, 0.1) is 11.8 Å². The maximum Gasteiger partial charge on any atom is 0.148 e. The zero-order chi connectivity index (χ0) is 13.9. The fourth-order valence-electron chi connectivity index (χ4n) is 2.75. The molecule has 0 heterocycles. The zero-order valence-electron chi connectivity index (χ0n) is 12.3. The second-order valence-corrected chi connectivity index (χ2v) is 8.18. The molecule has 4 heteroatoms. The summed E-state index contributed by atoms with van der Waals surface area (Å²) in [4.78, 5) is 2.19. The summed E-state index contributed by atoms with van der Waals surface area (Å²) in [5.41, 5.74) is 1.46. The van der Waals surface area contributed by atoms with Crippen molar-refractivity contribution < 1.29 is 8.42 Å². The fourth-order valence-corrected chi connectivity index (χ4v) is 3.89. The Balaban J connectivity index is 2.61. The normalized spacial score (nSPS) is 27.1. The zero-order valence-corrected chi connectivity index (χ0v) is 13.1. The SMILES string of the molecule is CC1=CCC[C@H](C)[C@H]1CN(C)[C@H](C)CS(C)(=O)=O. The highest BCUT2D eigenvalue weighted by atomic mass is 32.2. The molecule has 18 heavy (non-hydrogen) atoms. The van der Waals surface area contributed by atoms with Gasteiger partial charge in [-0.3, -0.25) is 0 Å². The highest BCUT2D eigenvalue weighted by Crippen LogP contribution is 2.30. The van der Waals surface area contributed by atoms with Gasteiger partial charge in [0.2, 0.25) is 0 Å². The standard InChI is InChI=1S/C14H27NO2S/c1-11-7-6-8-12(2)14(11)9-15(4)13(3)10-18(5,16)17/h7,12-14H,6,8-10H2,1-5H3/t12-,13+,14-/m0/s1. The van der Waals surface area contributed by atoms with Gasteiger partial charge in [-0.2, -0.15) is 0 Å². The summed E-state index contributed by atoms with van der Waals surface area (Å²) >= 11 is 0. The van der Waals surface area contributed by atoms with Crippen LogP contribution in [0.3, 0.4) is 0 Å². The molecule has 106 valence electrons. The van der Waals surface area contributed by atoms with Crippen molar-refractivity contribution in [3.63, 3.8) is 0 Å². The van der Waals surface area contributed by atoms with Crippen molar-refractivity contribution in [2.75, 3.05) is 25.6 Å². The predicted molar refractivity (Wildman–Crippen MR) is 77.4 cm³/mol. The molecule has 0 aromatic heterocycles. The smallest absolute Gasteiger partial charge is 0.148 e. The van der Waals surface area contributed by atoms with Crippen LogP contribution >= 0.6 is 0 Å². The number of sulfone groups is 1. The minimum atomic E-state index is -2.89. The summed E-state index contributed by atoms with van der Waals surface area (Å²) in [5.74, 6) is 1.52. The Kier molecular flexibility index (Phi) is 5.41. The van der Waals surface area contributed by atoms with Gasteiger partial charge in [0, 0.05) is 18.8 Å². The maximum atomic E-state index is 11.3. The summed E-state index contributed by atoms with van der Waals surface area (Å²) in [7, 11) is -0.860. The Hall–Kier alpha value is -0.350. The number of hydrogen-bond donors (Lipinski definition) is 0. The second-order valence-electron chi connectivity index (χ2n) is 5.99. The molecular weight excluding hydrogens is 246 g/mol. The largest absolute Gasteiger partial charge is 0.302 e. The van der Waals surface area contributed by atoms with Crippen LogP contribution in [0.4, 0.5) is 0 Å². The summed E-state index contributed by atoms with van der Waals surface area (Å²) in [6.45, 7) is 7.46. The molecule has 3 nitrogen and oxygen atoms in total. The lowest BCUT2D eigenvalue weighted by Gasteiger charge is -2.34. The van der Waals surface area contributed by atoms with Gasteiger partial charge in [0.15, 0.2) is 0 Å². The average molecular weight is 273 g/mol. The molecule has 1 aliphatic carbocycles. The maximum absolute atomic E-state index is 11.3. The Labute approximate surface area is 112 Å². The quantitative estimate of drug-likeness (QED) is 0.722. The van der Waals surface area contributed by atoms with E-state index >= 15 is 0 Å². The Morgan fingerprint density at radius 1 is 1.50 bits per heavy atom. The molecule has 0 saturated heterocycles. The first-order valence-corrected chi connectivity index (χ1v) is 8.81. The third-order valence-corrected chi connectivity index (χ3v) is 5.23. The van der Waals surface area contributed by atoms with Crippen molar-refractivity contribution in [3.05, 3.63) is 11.6 Å². The molecule has 0 amide bonds. The predicted octanol–water partition coefficient (Wildman–Crippen LogP) is 2.34. The Morgan fingerprint density at radius 2 is 2.11 bits per heavy atom.